The van der Waals surface area contributed by atoms with Crippen LogP contribution >= 0.6 is 11.3 Å². The Morgan fingerprint density at radius 3 is 2.72 bits per heavy atom. The van der Waals surface area contributed by atoms with Crippen molar-refractivity contribution in [2.45, 2.75) is 13.3 Å². The molecule has 10 heteroatoms. The number of carbonyl (C=O) groups is 1. The van der Waals surface area contributed by atoms with Crippen molar-refractivity contribution in [1.29, 1.82) is 0 Å². The SMILES string of the molecule is CC1=C(c2cc(C(=O)Nc3c(F)cncc3F)nn2C)CN(c2nccs2)CC1. The Hall–Kier alpha value is -3.14. The van der Waals surface area contributed by atoms with E-state index < -0.39 is 23.2 Å². The van der Waals surface area contributed by atoms with Gasteiger partial charge in [-0.1, -0.05) is 5.57 Å². The number of hydrogen-bond acceptors (Lipinski definition) is 6. The highest BCUT2D eigenvalue weighted by atomic mass is 32.1. The third kappa shape index (κ3) is 3.75. The lowest BCUT2D eigenvalue weighted by molar-refractivity contribution is 0.102. The fraction of sp³-hybridized carbons (Fsp3) is 0.263. The van der Waals surface area contributed by atoms with E-state index in [0.717, 1.165) is 41.8 Å². The van der Waals surface area contributed by atoms with E-state index in [2.05, 4.69) is 32.2 Å². The topological polar surface area (TPSA) is 75.9 Å². The highest BCUT2D eigenvalue weighted by Gasteiger charge is 2.24. The summed E-state index contributed by atoms with van der Waals surface area (Å²) in [6.45, 7) is 3.57. The summed E-state index contributed by atoms with van der Waals surface area (Å²) in [7, 11) is 1.74. The van der Waals surface area contributed by atoms with E-state index in [4.69, 9.17) is 0 Å². The molecule has 1 amide bonds. The molecule has 4 rings (SSSR count). The van der Waals surface area contributed by atoms with Crippen LogP contribution < -0.4 is 10.2 Å². The Kier molecular flexibility index (Phi) is 5.10. The molecule has 7 nitrogen and oxygen atoms in total. The summed E-state index contributed by atoms with van der Waals surface area (Å²) in [5, 5.41) is 9.36. The number of aromatic nitrogens is 4. The van der Waals surface area contributed by atoms with Crippen molar-refractivity contribution in [3.8, 4) is 0 Å². The molecular formula is C19H18F2N6OS. The van der Waals surface area contributed by atoms with Gasteiger partial charge >= 0.3 is 0 Å². The number of rotatable bonds is 4. The Labute approximate surface area is 169 Å². The first kappa shape index (κ1) is 19.2. The number of halogens is 2. The molecule has 4 heterocycles. The molecule has 0 fully saturated rings. The Morgan fingerprint density at radius 1 is 1.28 bits per heavy atom. The molecule has 0 atom stereocenters. The van der Waals surface area contributed by atoms with Crippen LogP contribution in [-0.4, -0.2) is 38.7 Å². The molecule has 3 aromatic rings. The lowest BCUT2D eigenvalue weighted by atomic mass is 9.99. The first-order chi connectivity index (χ1) is 13.9. The largest absolute Gasteiger partial charge is 0.343 e. The minimum absolute atomic E-state index is 0.0739. The Morgan fingerprint density at radius 2 is 2.03 bits per heavy atom. The monoisotopic (exact) mass is 416 g/mol. The molecule has 0 spiro atoms. The van der Waals surface area contributed by atoms with E-state index in [1.165, 1.54) is 5.57 Å². The molecule has 0 aliphatic carbocycles. The summed E-state index contributed by atoms with van der Waals surface area (Å²) in [5.41, 5.74) is 2.58. The second-order valence-electron chi connectivity index (χ2n) is 6.72. The van der Waals surface area contributed by atoms with E-state index in [0.29, 0.717) is 6.54 Å². The molecule has 1 aliphatic rings. The number of pyridine rings is 1. The quantitative estimate of drug-likeness (QED) is 0.705. The minimum atomic E-state index is -0.945. The van der Waals surface area contributed by atoms with Gasteiger partial charge in [-0.2, -0.15) is 5.10 Å². The van der Waals surface area contributed by atoms with Crippen LogP contribution in [0.3, 0.4) is 0 Å². The summed E-state index contributed by atoms with van der Waals surface area (Å²) < 4.78 is 29.1. The van der Waals surface area contributed by atoms with Gasteiger partial charge in [0.25, 0.3) is 5.91 Å². The van der Waals surface area contributed by atoms with Gasteiger partial charge in [0.2, 0.25) is 0 Å². The Balaban J connectivity index is 1.60. The molecule has 29 heavy (non-hydrogen) atoms. The number of hydrogen-bond donors (Lipinski definition) is 1. The van der Waals surface area contributed by atoms with Crippen LogP contribution in [0.25, 0.3) is 5.57 Å². The van der Waals surface area contributed by atoms with Gasteiger partial charge in [-0.3, -0.25) is 14.5 Å². The second kappa shape index (κ2) is 7.70. The normalized spacial score (nSPS) is 14.4. The van der Waals surface area contributed by atoms with Gasteiger partial charge in [-0.25, -0.2) is 13.8 Å². The third-order valence-corrected chi connectivity index (χ3v) is 5.66. The average Bonchev–Trinajstić information content (AvgIpc) is 3.35. The minimum Gasteiger partial charge on any atom is -0.343 e. The maximum absolute atomic E-state index is 13.8. The van der Waals surface area contributed by atoms with Crippen LogP contribution in [0.4, 0.5) is 19.6 Å². The lowest BCUT2D eigenvalue weighted by Crippen LogP contribution is -2.31. The zero-order valence-corrected chi connectivity index (χ0v) is 16.6. The van der Waals surface area contributed by atoms with Crippen molar-refractivity contribution in [2.75, 3.05) is 23.3 Å². The first-order valence-electron chi connectivity index (χ1n) is 8.92. The second-order valence-corrected chi connectivity index (χ2v) is 7.59. The molecule has 1 aliphatic heterocycles. The summed E-state index contributed by atoms with van der Waals surface area (Å²) in [6, 6.07) is 1.64. The molecule has 0 bridgehead atoms. The van der Waals surface area contributed by atoms with E-state index in [-0.39, 0.29) is 5.69 Å². The number of aryl methyl sites for hydroxylation is 1. The highest BCUT2D eigenvalue weighted by molar-refractivity contribution is 7.13. The summed E-state index contributed by atoms with van der Waals surface area (Å²) in [6.07, 6.45) is 4.32. The maximum atomic E-state index is 13.8. The molecule has 0 aromatic carbocycles. The van der Waals surface area contributed by atoms with E-state index in [9.17, 15) is 13.6 Å². The summed E-state index contributed by atoms with van der Waals surface area (Å²) in [4.78, 5) is 22.5. The predicted octanol–water partition coefficient (Wildman–Crippen LogP) is 3.49. The number of carbonyl (C=O) groups excluding carboxylic acids is 1. The van der Waals surface area contributed by atoms with Crippen LogP contribution in [0, 0.1) is 11.6 Å². The van der Waals surface area contributed by atoms with Gasteiger partial charge in [0.05, 0.1) is 18.1 Å². The number of thiazole rings is 1. The van der Waals surface area contributed by atoms with Gasteiger partial charge < -0.3 is 10.2 Å². The third-order valence-electron chi connectivity index (χ3n) is 4.82. The standard InChI is InChI=1S/C19H18F2N6OS/c1-11-3-5-27(19-23-4-6-29-19)10-12(11)16-7-15(25-26(16)2)18(28)24-17-13(20)8-22-9-14(17)21/h4,6-9H,3,5,10H2,1-2H3,(H,22,24,28). The molecule has 0 unspecified atom stereocenters. The van der Waals surface area contributed by atoms with Crippen molar-refractivity contribution >= 4 is 33.6 Å². The number of nitrogens with zero attached hydrogens (tertiary/aromatic N) is 5. The summed E-state index contributed by atoms with van der Waals surface area (Å²) >= 11 is 1.58. The first-order valence-corrected chi connectivity index (χ1v) is 9.80. The molecule has 0 saturated heterocycles. The molecule has 0 saturated carbocycles. The van der Waals surface area contributed by atoms with Crippen LogP contribution in [-0.2, 0) is 7.05 Å². The van der Waals surface area contributed by atoms with Gasteiger partial charge in [0.15, 0.2) is 22.5 Å². The van der Waals surface area contributed by atoms with Gasteiger partial charge in [-0.05, 0) is 25.0 Å². The van der Waals surface area contributed by atoms with Crippen molar-refractivity contribution in [3.63, 3.8) is 0 Å². The summed E-state index contributed by atoms with van der Waals surface area (Å²) in [5.74, 6) is -2.58. The number of nitrogens with one attached hydrogen (secondary N) is 1. The molecule has 0 radical (unpaired) electrons. The molecule has 1 N–H and O–H groups in total. The lowest BCUT2D eigenvalue weighted by Gasteiger charge is -2.29. The van der Waals surface area contributed by atoms with Crippen molar-refractivity contribution in [1.82, 2.24) is 19.7 Å². The fourth-order valence-electron chi connectivity index (χ4n) is 3.26. The Bertz CT molecular complexity index is 1070. The molecular weight excluding hydrogens is 398 g/mol. The van der Waals surface area contributed by atoms with Crippen molar-refractivity contribution < 1.29 is 13.6 Å². The van der Waals surface area contributed by atoms with E-state index in [1.807, 2.05) is 5.38 Å². The molecule has 150 valence electrons. The van der Waals surface area contributed by atoms with E-state index >= 15 is 0 Å². The van der Waals surface area contributed by atoms with Crippen LogP contribution in [0.2, 0.25) is 0 Å². The maximum Gasteiger partial charge on any atom is 0.276 e. The van der Waals surface area contributed by atoms with Crippen molar-refractivity contribution in [2.24, 2.45) is 7.05 Å². The number of anilines is 2. The van der Waals surface area contributed by atoms with E-state index in [1.54, 1.807) is 35.3 Å². The zero-order chi connectivity index (χ0) is 20.5. The van der Waals surface area contributed by atoms with Gasteiger partial charge in [0.1, 0.15) is 5.69 Å². The van der Waals surface area contributed by atoms with Gasteiger partial charge in [0, 0.05) is 31.7 Å². The predicted molar refractivity (Wildman–Crippen MR) is 107 cm³/mol. The average molecular weight is 416 g/mol. The highest BCUT2D eigenvalue weighted by Crippen LogP contribution is 2.30. The van der Waals surface area contributed by atoms with Crippen LogP contribution in [0.15, 0.2) is 35.6 Å². The van der Waals surface area contributed by atoms with Crippen molar-refractivity contribution in [3.05, 3.63) is 58.6 Å². The smallest absolute Gasteiger partial charge is 0.276 e. The van der Waals surface area contributed by atoms with Crippen LogP contribution in [0.5, 0.6) is 0 Å². The van der Waals surface area contributed by atoms with Crippen LogP contribution in [0.1, 0.15) is 29.5 Å². The number of amides is 1. The molecule has 3 aromatic heterocycles. The fourth-order valence-corrected chi connectivity index (χ4v) is 3.93. The zero-order valence-electron chi connectivity index (χ0n) is 15.8. The van der Waals surface area contributed by atoms with Gasteiger partial charge in [-0.15, -0.1) is 11.3 Å².